The minimum absolute atomic E-state index is 0.0117. The van der Waals surface area contributed by atoms with Gasteiger partial charge in [0.25, 0.3) is 5.56 Å². The topological polar surface area (TPSA) is 54.6 Å². The van der Waals surface area contributed by atoms with E-state index in [4.69, 9.17) is 4.98 Å². The molecular weight excluding hydrogens is 332 g/mol. The number of likely N-dealkylation sites (N-methyl/N-ethyl adjacent to an activating group) is 1. The highest BCUT2D eigenvalue weighted by Crippen LogP contribution is 2.35. The number of rotatable bonds is 3. The van der Waals surface area contributed by atoms with Gasteiger partial charge in [0.05, 0.1) is 12.4 Å². The molecule has 1 saturated heterocycles. The Morgan fingerprint density at radius 2 is 1.88 bits per heavy atom. The van der Waals surface area contributed by atoms with Crippen LogP contribution in [-0.2, 0) is 6.54 Å². The quantitative estimate of drug-likeness (QED) is 0.613. The number of hydrogen-bond acceptors (Lipinski definition) is 3. The first-order valence-corrected chi connectivity index (χ1v) is 9.66. The number of nitrogens with one attached hydrogen (secondary N) is 3. The lowest BCUT2D eigenvalue weighted by Gasteiger charge is -2.26. The van der Waals surface area contributed by atoms with Crippen molar-refractivity contribution in [1.82, 2.24) is 9.97 Å². The molecule has 3 N–H and O–H groups in total. The zero-order chi connectivity index (χ0) is 17.4. The molecule has 0 radical (unpaired) electrons. The molecule has 4 rings (SSSR count). The normalized spacial score (nSPS) is 20.9. The Bertz CT molecular complexity index is 939. The average Bonchev–Trinajstić information content (AvgIpc) is 2.94. The highest BCUT2D eigenvalue weighted by molar-refractivity contribution is 7.19. The molecule has 0 spiro atoms. The highest BCUT2D eigenvalue weighted by atomic mass is 32.1. The number of quaternary nitrogens is 2. The summed E-state index contributed by atoms with van der Waals surface area (Å²) in [5, 5.41) is 0.732. The number of nitrogens with zero attached hydrogens (tertiary/aromatic N) is 1. The van der Waals surface area contributed by atoms with Gasteiger partial charge in [-0.2, -0.15) is 0 Å². The fourth-order valence-corrected chi connectivity index (χ4v) is 4.71. The summed E-state index contributed by atoms with van der Waals surface area (Å²) in [5.41, 5.74) is 2.10. The Labute approximate surface area is 150 Å². The number of aromatic amines is 1. The molecule has 3 aromatic rings. The summed E-state index contributed by atoms with van der Waals surface area (Å²) in [7, 11) is 2.24. The van der Waals surface area contributed by atoms with Gasteiger partial charge in [0.15, 0.2) is 5.82 Å². The van der Waals surface area contributed by atoms with E-state index in [2.05, 4.69) is 31.1 Å². The summed E-state index contributed by atoms with van der Waals surface area (Å²) in [6.45, 7) is 7.49. The van der Waals surface area contributed by atoms with Crippen LogP contribution in [0.25, 0.3) is 21.3 Å². The van der Waals surface area contributed by atoms with Crippen molar-refractivity contribution in [1.29, 1.82) is 0 Å². The molecular formula is C19H24N4OS+2. The van der Waals surface area contributed by atoms with Gasteiger partial charge in [0.2, 0.25) is 0 Å². The van der Waals surface area contributed by atoms with Crippen LogP contribution in [0.2, 0.25) is 0 Å². The smallest absolute Gasteiger partial charge is 0.260 e. The molecule has 0 amide bonds. The molecule has 3 heterocycles. The van der Waals surface area contributed by atoms with Crippen LogP contribution < -0.4 is 15.4 Å². The zero-order valence-corrected chi connectivity index (χ0v) is 15.5. The molecule has 6 heteroatoms. The zero-order valence-electron chi connectivity index (χ0n) is 14.7. The first kappa shape index (κ1) is 16.4. The molecule has 130 valence electrons. The Morgan fingerprint density at radius 3 is 2.60 bits per heavy atom. The van der Waals surface area contributed by atoms with Crippen molar-refractivity contribution in [2.24, 2.45) is 0 Å². The first-order chi connectivity index (χ1) is 12.1. The minimum atomic E-state index is -0.0117. The van der Waals surface area contributed by atoms with Crippen molar-refractivity contribution in [3.63, 3.8) is 0 Å². The fraction of sp³-hybridized carbons (Fsp3) is 0.368. The van der Waals surface area contributed by atoms with E-state index in [0.717, 1.165) is 51.7 Å². The summed E-state index contributed by atoms with van der Waals surface area (Å²) >= 11 is 1.62. The third kappa shape index (κ3) is 3.25. The van der Waals surface area contributed by atoms with E-state index in [-0.39, 0.29) is 5.56 Å². The lowest BCUT2D eigenvalue weighted by atomic mass is 10.0. The predicted octanol–water partition coefficient (Wildman–Crippen LogP) is -0.127. The van der Waals surface area contributed by atoms with Crippen LogP contribution in [0.1, 0.15) is 10.7 Å². The molecule has 0 atom stereocenters. The summed E-state index contributed by atoms with van der Waals surface area (Å²) in [6.07, 6.45) is 0. The van der Waals surface area contributed by atoms with Crippen LogP contribution in [0.3, 0.4) is 0 Å². The lowest BCUT2D eigenvalue weighted by molar-refractivity contribution is -1.01. The molecule has 0 unspecified atom stereocenters. The monoisotopic (exact) mass is 356 g/mol. The van der Waals surface area contributed by atoms with Gasteiger partial charge in [0, 0.05) is 10.4 Å². The molecule has 5 nitrogen and oxygen atoms in total. The maximum atomic E-state index is 12.8. The second kappa shape index (κ2) is 6.71. The number of aromatic nitrogens is 2. The van der Waals surface area contributed by atoms with E-state index in [1.165, 1.54) is 18.0 Å². The van der Waals surface area contributed by atoms with Crippen LogP contribution in [-0.4, -0.2) is 43.2 Å². The van der Waals surface area contributed by atoms with E-state index in [9.17, 15) is 4.79 Å². The Balaban J connectivity index is 1.71. The minimum Gasteiger partial charge on any atom is -0.328 e. The van der Waals surface area contributed by atoms with Crippen molar-refractivity contribution in [3.8, 4) is 11.1 Å². The molecule has 1 fully saturated rings. The molecule has 0 aliphatic carbocycles. The second-order valence-corrected chi connectivity index (χ2v) is 8.18. The van der Waals surface area contributed by atoms with E-state index >= 15 is 0 Å². The van der Waals surface area contributed by atoms with E-state index < -0.39 is 0 Å². The van der Waals surface area contributed by atoms with E-state index in [1.807, 2.05) is 18.2 Å². The SMILES string of the molecule is Cc1sc2nc(C[NH+]3CC[NH+](C)CC3)[nH]c(=O)c2c1-c1ccccc1. The third-order valence-electron chi connectivity index (χ3n) is 5.08. The van der Waals surface area contributed by atoms with Crippen LogP contribution >= 0.6 is 11.3 Å². The second-order valence-electron chi connectivity index (χ2n) is 6.98. The van der Waals surface area contributed by atoms with Crippen molar-refractivity contribution >= 4 is 21.6 Å². The summed E-state index contributed by atoms with van der Waals surface area (Å²) < 4.78 is 0. The van der Waals surface area contributed by atoms with Crippen molar-refractivity contribution in [2.45, 2.75) is 13.5 Å². The van der Waals surface area contributed by atoms with Gasteiger partial charge in [-0.3, -0.25) is 4.79 Å². The summed E-state index contributed by atoms with van der Waals surface area (Å²) in [6, 6.07) is 10.1. The molecule has 0 bridgehead atoms. The summed E-state index contributed by atoms with van der Waals surface area (Å²) in [5.74, 6) is 0.813. The highest BCUT2D eigenvalue weighted by Gasteiger charge is 2.22. The van der Waals surface area contributed by atoms with Gasteiger partial charge >= 0.3 is 0 Å². The van der Waals surface area contributed by atoms with Gasteiger partial charge in [-0.05, 0) is 12.5 Å². The number of thiophene rings is 1. The van der Waals surface area contributed by atoms with Crippen molar-refractivity contribution < 1.29 is 9.80 Å². The molecule has 1 aromatic carbocycles. The Morgan fingerprint density at radius 1 is 1.16 bits per heavy atom. The van der Waals surface area contributed by atoms with Crippen LogP contribution in [0.4, 0.5) is 0 Å². The Kier molecular flexibility index (Phi) is 4.41. The van der Waals surface area contributed by atoms with Gasteiger partial charge in [-0.1, -0.05) is 30.3 Å². The largest absolute Gasteiger partial charge is 0.328 e. The average molecular weight is 356 g/mol. The van der Waals surface area contributed by atoms with Crippen LogP contribution in [0.5, 0.6) is 0 Å². The molecule has 1 aliphatic heterocycles. The van der Waals surface area contributed by atoms with Crippen LogP contribution in [0, 0.1) is 6.92 Å². The number of aryl methyl sites for hydroxylation is 1. The van der Waals surface area contributed by atoms with Crippen LogP contribution in [0.15, 0.2) is 35.1 Å². The first-order valence-electron chi connectivity index (χ1n) is 8.84. The molecule has 0 saturated carbocycles. The van der Waals surface area contributed by atoms with E-state index in [0.29, 0.717) is 0 Å². The van der Waals surface area contributed by atoms with Gasteiger partial charge in [-0.25, -0.2) is 4.98 Å². The molecule has 1 aliphatic rings. The number of benzene rings is 1. The van der Waals surface area contributed by atoms with Gasteiger partial charge < -0.3 is 14.8 Å². The Hall–Kier alpha value is -2.02. The standard InChI is InChI=1S/C19H22N4OS/c1-13-16(14-6-4-3-5-7-14)17-18(24)20-15(21-19(17)25-13)12-23-10-8-22(2)9-11-23/h3-7H,8-12H2,1-2H3,(H,20,21,24)/p+2. The number of H-pyrrole nitrogens is 1. The van der Waals surface area contributed by atoms with E-state index in [1.54, 1.807) is 16.2 Å². The predicted molar refractivity (Wildman–Crippen MR) is 101 cm³/mol. The lowest BCUT2D eigenvalue weighted by Crippen LogP contribution is -3.26. The third-order valence-corrected chi connectivity index (χ3v) is 6.08. The van der Waals surface area contributed by atoms with Gasteiger partial charge in [-0.15, -0.1) is 11.3 Å². The maximum Gasteiger partial charge on any atom is 0.260 e. The number of fused-ring (bicyclic) bond motifs is 1. The van der Waals surface area contributed by atoms with Crippen molar-refractivity contribution in [3.05, 3.63) is 51.4 Å². The fourth-order valence-electron chi connectivity index (χ4n) is 3.64. The van der Waals surface area contributed by atoms with Crippen molar-refractivity contribution in [2.75, 3.05) is 33.2 Å². The summed E-state index contributed by atoms with van der Waals surface area (Å²) in [4.78, 5) is 25.7. The van der Waals surface area contributed by atoms with Gasteiger partial charge in [0.1, 0.15) is 37.6 Å². The number of hydrogen-bond donors (Lipinski definition) is 3. The molecule has 25 heavy (non-hydrogen) atoms. The maximum absolute atomic E-state index is 12.8. The number of piperazine rings is 1. The molecule has 2 aromatic heterocycles.